The maximum atomic E-state index is 13.4. The largest absolute Gasteiger partial charge is 0.353 e. The highest BCUT2D eigenvalue weighted by Gasteiger charge is 2.40. The van der Waals surface area contributed by atoms with E-state index in [1.54, 1.807) is 24.3 Å². The van der Waals surface area contributed by atoms with Gasteiger partial charge in [-0.25, -0.2) is 8.42 Å². The Morgan fingerprint density at radius 2 is 1.89 bits per heavy atom. The van der Waals surface area contributed by atoms with Crippen molar-refractivity contribution in [3.8, 4) is 0 Å². The third-order valence-electron chi connectivity index (χ3n) is 7.86. The van der Waals surface area contributed by atoms with Crippen molar-refractivity contribution < 1.29 is 18.0 Å². The zero-order valence-electron chi connectivity index (χ0n) is 22.1. The van der Waals surface area contributed by atoms with E-state index >= 15 is 0 Å². The van der Waals surface area contributed by atoms with Crippen molar-refractivity contribution in [2.75, 3.05) is 33.2 Å². The van der Waals surface area contributed by atoms with E-state index in [1.165, 1.54) is 21.0 Å². The van der Waals surface area contributed by atoms with E-state index < -0.39 is 22.0 Å². The summed E-state index contributed by atoms with van der Waals surface area (Å²) >= 11 is 0. The van der Waals surface area contributed by atoms with Crippen LogP contribution in [0.2, 0.25) is 0 Å². The molecule has 2 aromatic carbocycles. The molecule has 9 heteroatoms. The number of nitrogens with one attached hydrogen (secondary N) is 2. The van der Waals surface area contributed by atoms with Crippen LogP contribution >= 0.6 is 0 Å². The third kappa shape index (κ3) is 5.55. The number of sulfonamides is 1. The molecule has 0 saturated carbocycles. The predicted molar refractivity (Wildman–Crippen MR) is 147 cm³/mol. The van der Waals surface area contributed by atoms with Crippen LogP contribution in [0.3, 0.4) is 0 Å². The first kappa shape index (κ1) is 26.6. The van der Waals surface area contributed by atoms with Crippen LogP contribution in [0.15, 0.2) is 53.4 Å². The van der Waals surface area contributed by atoms with Crippen molar-refractivity contribution >= 4 is 27.4 Å². The molecule has 1 unspecified atom stereocenters. The van der Waals surface area contributed by atoms with Gasteiger partial charge in [-0.15, -0.1) is 0 Å². The van der Waals surface area contributed by atoms with E-state index in [9.17, 15) is 18.0 Å². The van der Waals surface area contributed by atoms with Gasteiger partial charge in [0.25, 0.3) is 0 Å². The van der Waals surface area contributed by atoms with Crippen molar-refractivity contribution in [2.45, 2.75) is 56.0 Å². The second kappa shape index (κ2) is 11.0. The maximum Gasteiger partial charge on any atom is 0.243 e. The topological polar surface area (TPSA) is 98.8 Å². The van der Waals surface area contributed by atoms with Crippen molar-refractivity contribution in [1.82, 2.24) is 19.8 Å². The Bertz CT molecular complexity index is 1350. The number of fused-ring (bicyclic) bond motifs is 1. The fourth-order valence-electron chi connectivity index (χ4n) is 5.65. The van der Waals surface area contributed by atoms with E-state index in [0.717, 1.165) is 49.9 Å². The average Bonchev–Trinajstić information content (AvgIpc) is 2.90. The smallest absolute Gasteiger partial charge is 0.243 e. The number of aryl methyl sites for hydroxylation is 2. The molecular weight excluding hydrogens is 500 g/mol. The maximum absolute atomic E-state index is 13.4. The summed E-state index contributed by atoms with van der Waals surface area (Å²) < 4.78 is 27.9. The van der Waals surface area contributed by atoms with Crippen molar-refractivity contribution in [1.29, 1.82) is 0 Å². The standard InChI is InChI=1S/C29H36N4O4S/c1-20-6-9-24(10-7-20)38(36,37)33-17-14-30-29(35)27(33)19-28(34)31-26-5-3-4-23-18-22(8-11-25(23)26)21-12-15-32(2)16-13-21/h6-12,18,26-27H,3-5,13-17,19H2,1-2H3,(H,30,35)(H,31,34)/t26-,27?/m1/s1. The van der Waals surface area contributed by atoms with Crippen molar-refractivity contribution in [3.63, 3.8) is 0 Å². The zero-order valence-corrected chi connectivity index (χ0v) is 22.9. The first-order valence-corrected chi connectivity index (χ1v) is 14.8. The molecular formula is C29H36N4O4S. The van der Waals surface area contributed by atoms with Crippen LogP contribution in [0.25, 0.3) is 5.57 Å². The molecule has 2 amide bonds. The summed E-state index contributed by atoms with van der Waals surface area (Å²) in [5, 5.41) is 5.83. The lowest BCUT2D eigenvalue weighted by Gasteiger charge is -2.34. The molecule has 0 bridgehead atoms. The minimum atomic E-state index is -3.92. The van der Waals surface area contributed by atoms with E-state index in [2.05, 4.69) is 46.9 Å². The van der Waals surface area contributed by atoms with Crippen LogP contribution in [-0.4, -0.2) is 68.7 Å². The molecule has 2 atom stereocenters. The molecule has 2 aromatic rings. The second-order valence-electron chi connectivity index (χ2n) is 10.6. The molecule has 0 aromatic heterocycles. The van der Waals surface area contributed by atoms with Crippen molar-refractivity contribution in [3.05, 3.63) is 70.8 Å². The summed E-state index contributed by atoms with van der Waals surface area (Å²) in [5.41, 5.74) is 5.92. The summed E-state index contributed by atoms with van der Waals surface area (Å²) in [5.74, 6) is -0.765. The summed E-state index contributed by atoms with van der Waals surface area (Å²) in [6.45, 7) is 4.23. The molecule has 5 rings (SSSR count). The average molecular weight is 537 g/mol. The van der Waals surface area contributed by atoms with Gasteiger partial charge in [0.2, 0.25) is 21.8 Å². The van der Waals surface area contributed by atoms with Gasteiger partial charge in [0.15, 0.2) is 0 Å². The van der Waals surface area contributed by atoms with Gasteiger partial charge in [0.05, 0.1) is 17.4 Å². The molecule has 38 heavy (non-hydrogen) atoms. The highest BCUT2D eigenvalue weighted by molar-refractivity contribution is 7.89. The van der Waals surface area contributed by atoms with E-state index in [1.807, 2.05) is 6.92 Å². The zero-order chi connectivity index (χ0) is 26.9. The highest BCUT2D eigenvalue weighted by Crippen LogP contribution is 2.33. The van der Waals surface area contributed by atoms with Gasteiger partial charge in [0.1, 0.15) is 6.04 Å². The Hall–Kier alpha value is -3.01. The van der Waals surface area contributed by atoms with Crippen LogP contribution in [0.1, 0.15) is 54.0 Å². The Balaban J connectivity index is 1.31. The Morgan fingerprint density at radius 1 is 1.11 bits per heavy atom. The van der Waals surface area contributed by atoms with Crippen LogP contribution in [0, 0.1) is 6.92 Å². The van der Waals surface area contributed by atoms with E-state index in [-0.39, 0.29) is 36.4 Å². The van der Waals surface area contributed by atoms with Gasteiger partial charge in [-0.3, -0.25) is 9.59 Å². The minimum Gasteiger partial charge on any atom is -0.353 e. The first-order chi connectivity index (χ1) is 18.2. The number of nitrogens with zero attached hydrogens (tertiary/aromatic N) is 2. The minimum absolute atomic E-state index is 0.125. The highest BCUT2D eigenvalue weighted by atomic mass is 32.2. The Morgan fingerprint density at radius 3 is 2.63 bits per heavy atom. The van der Waals surface area contributed by atoms with E-state index in [0.29, 0.717) is 0 Å². The summed E-state index contributed by atoms with van der Waals surface area (Å²) in [6, 6.07) is 11.8. The van der Waals surface area contributed by atoms with Crippen LogP contribution in [0.4, 0.5) is 0 Å². The van der Waals surface area contributed by atoms with Crippen LogP contribution in [0.5, 0.6) is 0 Å². The number of likely N-dealkylation sites (N-methyl/N-ethyl adjacent to an activating group) is 1. The number of carbonyl (C=O) groups excluding carboxylic acids is 2. The van der Waals surface area contributed by atoms with Gasteiger partial charge in [-0.1, -0.05) is 42.0 Å². The molecule has 1 saturated heterocycles. The van der Waals surface area contributed by atoms with E-state index in [4.69, 9.17) is 0 Å². The lowest BCUT2D eigenvalue weighted by atomic mass is 9.85. The summed E-state index contributed by atoms with van der Waals surface area (Å²) in [4.78, 5) is 28.4. The Labute approximate surface area is 225 Å². The molecule has 1 fully saturated rings. The molecule has 2 N–H and O–H groups in total. The first-order valence-electron chi connectivity index (χ1n) is 13.4. The number of hydrogen-bond acceptors (Lipinski definition) is 5. The number of carbonyl (C=O) groups is 2. The number of rotatable bonds is 6. The third-order valence-corrected chi connectivity index (χ3v) is 9.79. The number of hydrogen-bond donors (Lipinski definition) is 2. The predicted octanol–water partition coefficient (Wildman–Crippen LogP) is 2.79. The SMILES string of the molecule is Cc1ccc(S(=O)(=O)N2CCNC(=O)C2CC(=O)N[C@@H]2CCCc3cc(C4=CCN(C)CC4)ccc32)cc1. The molecule has 8 nitrogen and oxygen atoms in total. The number of amides is 2. The number of piperazine rings is 1. The van der Waals surface area contributed by atoms with Gasteiger partial charge in [-0.2, -0.15) is 4.31 Å². The van der Waals surface area contributed by atoms with Crippen LogP contribution in [-0.2, 0) is 26.0 Å². The molecule has 0 spiro atoms. The van der Waals surface area contributed by atoms with Gasteiger partial charge in [-0.05, 0) is 74.1 Å². The normalized spacial score (nSPS) is 22.8. The lowest BCUT2D eigenvalue weighted by molar-refractivity contribution is -0.132. The molecule has 2 heterocycles. The summed E-state index contributed by atoms with van der Waals surface area (Å²) in [6.07, 6.45) is 5.84. The Kier molecular flexibility index (Phi) is 7.70. The fraction of sp³-hybridized carbons (Fsp3) is 0.448. The monoisotopic (exact) mass is 536 g/mol. The number of benzene rings is 2. The van der Waals surface area contributed by atoms with Crippen molar-refractivity contribution in [2.24, 2.45) is 0 Å². The molecule has 0 radical (unpaired) electrons. The molecule has 202 valence electrons. The molecule has 1 aliphatic carbocycles. The molecule has 2 aliphatic heterocycles. The summed E-state index contributed by atoms with van der Waals surface area (Å²) in [7, 11) is -1.80. The van der Waals surface area contributed by atoms with Gasteiger partial charge < -0.3 is 15.5 Å². The van der Waals surface area contributed by atoms with Gasteiger partial charge >= 0.3 is 0 Å². The molecule has 3 aliphatic rings. The second-order valence-corrected chi connectivity index (χ2v) is 12.5. The van der Waals surface area contributed by atoms with Gasteiger partial charge in [0, 0.05) is 26.2 Å². The quantitative estimate of drug-likeness (QED) is 0.592. The fourth-order valence-corrected chi connectivity index (χ4v) is 7.24. The lowest BCUT2D eigenvalue weighted by Crippen LogP contribution is -2.58. The van der Waals surface area contributed by atoms with Crippen LogP contribution < -0.4 is 10.6 Å².